The van der Waals surface area contributed by atoms with Gasteiger partial charge in [-0.15, -0.1) is 5.10 Å². The Bertz CT molecular complexity index is 378. The fraction of sp³-hybridized carbons (Fsp3) is 0.200. The Labute approximate surface area is 76.8 Å². The van der Waals surface area contributed by atoms with Gasteiger partial charge in [0.2, 0.25) is 0 Å². The van der Waals surface area contributed by atoms with Crippen molar-refractivity contribution < 1.29 is 0 Å². The molecular weight excluding hydrogens is 162 g/mol. The van der Waals surface area contributed by atoms with E-state index in [1.54, 1.807) is 0 Å². The van der Waals surface area contributed by atoms with Crippen molar-refractivity contribution in [1.29, 1.82) is 0 Å². The Hall–Kier alpha value is -1.64. The summed E-state index contributed by atoms with van der Waals surface area (Å²) in [6, 6.07) is 10.3. The minimum Gasteiger partial charge on any atom is -0.262 e. The molecule has 2 aromatic rings. The third kappa shape index (κ3) is 1.75. The molecule has 0 saturated carbocycles. The molecule has 0 radical (unpaired) electrons. The topological polar surface area (TPSA) is 41.6 Å². The van der Waals surface area contributed by atoms with E-state index in [9.17, 15) is 0 Å². The normalized spacial score (nSPS) is 10.2. The molecule has 0 spiro atoms. The molecule has 0 bridgehead atoms. The van der Waals surface area contributed by atoms with Crippen molar-refractivity contribution in [2.24, 2.45) is 0 Å². The van der Waals surface area contributed by atoms with Crippen molar-refractivity contribution in [3.63, 3.8) is 0 Å². The van der Waals surface area contributed by atoms with E-state index in [4.69, 9.17) is 0 Å². The fourth-order valence-electron chi connectivity index (χ4n) is 1.26. The molecule has 0 aliphatic carbocycles. The smallest absolute Gasteiger partial charge is 0.0897 e. The summed E-state index contributed by atoms with van der Waals surface area (Å²) in [4.78, 5) is 0. The first-order valence-corrected chi connectivity index (χ1v) is 4.27. The minimum atomic E-state index is 0.850. The molecule has 0 fully saturated rings. The zero-order chi connectivity index (χ0) is 9.10. The maximum atomic E-state index is 4.01. The maximum Gasteiger partial charge on any atom is 0.0897 e. The van der Waals surface area contributed by atoms with Crippen molar-refractivity contribution in [2.75, 3.05) is 0 Å². The summed E-state index contributed by atoms with van der Waals surface area (Å²) in [5.74, 6) is 0. The quantitative estimate of drug-likeness (QED) is 0.751. The molecule has 66 valence electrons. The second-order valence-corrected chi connectivity index (χ2v) is 3.05. The van der Waals surface area contributed by atoms with Crippen LogP contribution in [0.1, 0.15) is 17.0 Å². The number of rotatable bonds is 2. The van der Waals surface area contributed by atoms with Gasteiger partial charge in [-0.1, -0.05) is 35.5 Å². The Morgan fingerprint density at radius 1 is 1.23 bits per heavy atom. The predicted molar refractivity (Wildman–Crippen MR) is 50.4 cm³/mol. The Morgan fingerprint density at radius 2 is 2.00 bits per heavy atom. The van der Waals surface area contributed by atoms with Gasteiger partial charge >= 0.3 is 0 Å². The monoisotopic (exact) mass is 173 g/mol. The average molecular weight is 173 g/mol. The van der Waals surface area contributed by atoms with Gasteiger partial charge in [0.25, 0.3) is 0 Å². The van der Waals surface area contributed by atoms with Gasteiger partial charge in [0.1, 0.15) is 0 Å². The highest BCUT2D eigenvalue weighted by molar-refractivity contribution is 5.22. The molecule has 1 aromatic carbocycles. The number of benzene rings is 1. The second kappa shape index (κ2) is 3.39. The molecule has 0 amide bonds. The fourth-order valence-corrected chi connectivity index (χ4v) is 1.26. The summed E-state index contributed by atoms with van der Waals surface area (Å²) in [7, 11) is 0. The van der Waals surface area contributed by atoms with Gasteiger partial charge in [-0.2, -0.15) is 0 Å². The highest BCUT2D eigenvalue weighted by Gasteiger charge is 2.02. The van der Waals surface area contributed by atoms with Gasteiger partial charge in [-0.25, -0.2) is 0 Å². The number of nitrogens with one attached hydrogen (secondary N) is 1. The number of hydrogen-bond acceptors (Lipinski definition) is 2. The summed E-state index contributed by atoms with van der Waals surface area (Å²) in [6.07, 6.45) is 0.850. The van der Waals surface area contributed by atoms with Crippen LogP contribution in [0.15, 0.2) is 30.3 Å². The number of aromatic nitrogens is 3. The third-order valence-electron chi connectivity index (χ3n) is 2.04. The zero-order valence-electron chi connectivity index (χ0n) is 7.49. The molecule has 0 unspecified atom stereocenters. The molecule has 1 aromatic heterocycles. The van der Waals surface area contributed by atoms with Crippen LogP contribution in [-0.4, -0.2) is 15.4 Å². The van der Waals surface area contributed by atoms with Crippen LogP contribution in [0.2, 0.25) is 0 Å². The molecule has 3 heteroatoms. The van der Waals surface area contributed by atoms with Crippen LogP contribution in [0, 0.1) is 6.92 Å². The van der Waals surface area contributed by atoms with Crippen LogP contribution in [-0.2, 0) is 6.42 Å². The van der Waals surface area contributed by atoms with Crippen molar-refractivity contribution in [3.8, 4) is 0 Å². The van der Waals surface area contributed by atoms with E-state index in [2.05, 4.69) is 27.5 Å². The van der Waals surface area contributed by atoms with Crippen LogP contribution in [0.4, 0.5) is 0 Å². The molecule has 13 heavy (non-hydrogen) atoms. The summed E-state index contributed by atoms with van der Waals surface area (Å²) < 4.78 is 0. The summed E-state index contributed by atoms with van der Waals surface area (Å²) in [5.41, 5.74) is 3.33. The standard InChI is InChI=1S/C10H11N3/c1-8-10(12-13-11-8)7-9-5-3-2-4-6-9/h2-6H,7H2,1H3,(H,11,12,13). The van der Waals surface area contributed by atoms with E-state index < -0.39 is 0 Å². The molecular formula is C10H11N3. The van der Waals surface area contributed by atoms with Crippen molar-refractivity contribution in [3.05, 3.63) is 47.3 Å². The van der Waals surface area contributed by atoms with Gasteiger partial charge in [0.15, 0.2) is 0 Å². The molecule has 0 saturated heterocycles. The van der Waals surface area contributed by atoms with Crippen LogP contribution < -0.4 is 0 Å². The number of aryl methyl sites for hydroxylation is 1. The van der Waals surface area contributed by atoms with Crippen LogP contribution in [0.25, 0.3) is 0 Å². The first-order valence-electron chi connectivity index (χ1n) is 4.27. The number of aromatic amines is 1. The largest absolute Gasteiger partial charge is 0.262 e. The van der Waals surface area contributed by atoms with Gasteiger partial charge < -0.3 is 0 Å². The number of hydrogen-bond donors (Lipinski definition) is 1. The number of H-pyrrole nitrogens is 1. The van der Waals surface area contributed by atoms with E-state index in [0.717, 1.165) is 17.8 Å². The molecule has 0 aliphatic heterocycles. The lowest BCUT2D eigenvalue weighted by molar-refractivity contribution is 0.912. The molecule has 2 rings (SSSR count). The first kappa shape index (κ1) is 7.98. The van der Waals surface area contributed by atoms with E-state index in [1.165, 1.54) is 5.56 Å². The lowest BCUT2D eigenvalue weighted by Gasteiger charge is -1.96. The predicted octanol–water partition coefficient (Wildman–Crippen LogP) is 1.70. The van der Waals surface area contributed by atoms with E-state index in [-0.39, 0.29) is 0 Å². The van der Waals surface area contributed by atoms with E-state index in [0.29, 0.717) is 0 Å². The highest BCUT2D eigenvalue weighted by atomic mass is 15.3. The average Bonchev–Trinajstić information content (AvgIpc) is 2.54. The molecule has 1 heterocycles. The summed E-state index contributed by atoms with van der Waals surface area (Å²) in [6.45, 7) is 1.98. The van der Waals surface area contributed by atoms with Crippen molar-refractivity contribution in [1.82, 2.24) is 15.4 Å². The van der Waals surface area contributed by atoms with Gasteiger partial charge in [-0.05, 0) is 12.5 Å². The molecule has 3 nitrogen and oxygen atoms in total. The Balaban J connectivity index is 2.20. The SMILES string of the molecule is Cc1[nH]nnc1Cc1ccccc1. The van der Waals surface area contributed by atoms with E-state index >= 15 is 0 Å². The zero-order valence-corrected chi connectivity index (χ0v) is 7.49. The van der Waals surface area contributed by atoms with Crippen molar-refractivity contribution >= 4 is 0 Å². The summed E-state index contributed by atoms with van der Waals surface area (Å²) in [5, 5.41) is 10.6. The van der Waals surface area contributed by atoms with E-state index in [1.807, 2.05) is 25.1 Å². The molecule has 0 atom stereocenters. The first-order chi connectivity index (χ1) is 6.36. The van der Waals surface area contributed by atoms with Gasteiger partial charge in [0, 0.05) is 6.42 Å². The van der Waals surface area contributed by atoms with Gasteiger partial charge in [0.05, 0.1) is 11.4 Å². The third-order valence-corrected chi connectivity index (χ3v) is 2.04. The lowest BCUT2D eigenvalue weighted by Crippen LogP contribution is -1.90. The highest BCUT2D eigenvalue weighted by Crippen LogP contribution is 2.07. The maximum absolute atomic E-state index is 4.01. The number of nitrogens with zero attached hydrogens (tertiary/aromatic N) is 2. The van der Waals surface area contributed by atoms with Crippen molar-refractivity contribution in [2.45, 2.75) is 13.3 Å². The van der Waals surface area contributed by atoms with Crippen LogP contribution in [0.3, 0.4) is 0 Å². The lowest BCUT2D eigenvalue weighted by atomic mass is 10.1. The second-order valence-electron chi connectivity index (χ2n) is 3.05. The van der Waals surface area contributed by atoms with Crippen LogP contribution in [0.5, 0.6) is 0 Å². The van der Waals surface area contributed by atoms with Gasteiger partial charge in [-0.3, -0.25) is 5.10 Å². The molecule has 1 N–H and O–H groups in total. The van der Waals surface area contributed by atoms with Crippen LogP contribution >= 0.6 is 0 Å². The Kier molecular flexibility index (Phi) is 2.08. The summed E-state index contributed by atoms with van der Waals surface area (Å²) >= 11 is 0. The minimum absolute atomic E-state index is 0.850. The Morgan fingerprint density at radius 3 is 2.62 bits per heavy atom. The molecule has 0 aliphatic rings.